The van der Waals surface area contributed by atoms with Crippen molar-refractivity contribution in [2.75, 3.05) is 13.7 Å². The molecule has 0 saturated heterocycles. The number of nitro benzene ring substituents is 1. The molecule has 0 saturated carbocycles. The van der Waals surface area contributed by atoms with Gasteiger partial charge < -0.3 is 18.9 Å². The van der Waals surface area contributed by atoms with E-state index in [1.807, 2.05) is 32.0 Å². The first-order valence-electron chi connectivity index (χ1n) is 14.8. The van der Waals surface area contributed by atoms with Gasteiger partial charge in [0.1, 0.15) is 12.4 Å². The number of thiazole rings is 1. The number of ether oxygens (including phenoxy) is 4. The Kier molecular flexibility index (Phi) is 10.9. The van der Waals surface area contributed by atoms with Gasteiger partial charge in [0.15, 0.2) is 16.3 Å². The zero-order valence-electron chi connectivity index (χ0n) is 26.6. The number of carbonyl (C=O) groups is 1. The topological polar surface area (TPSA) is 131 Å². The predicted molar refractivity (Wildman–Crippen MR) is 188 cm³/mol. The summed E-state index contributed by atoms with van der Waals surface area (Å²) < 4.78 is 26.1. The van der Waals surface area contributed by atoms with Crippen LogP contribution in [-0.2, 0) is 16.1 Å². The lowest BCUT2D eigenvalue weighted by atomic mass is 9.95. The van der Waals surface area contributed by atoms with E-state index in [1.54, 1.807) is 44.2 Å². The number of carbonyl (C=O) groups excluding carboxylic acids is 1. The van der Waals surface area contributed by atoms with Gasteiger partial charge in [0, 0.05) is 12.1 Å². The highest BCUT2D eigenvalue weighted by atomic mass is 79.9. The maximum Gasteiger partial charge on any atom is 0.338 e. The molecule has 0 fully saturated rings. The second kappa shape index (κ2) is 14.9. The van der Waals surface area contributed by atoms with Crippen molar-refractivity contribution in [1.29, 1.82) is 0 Å². The first kappa shape index (κ1) is 35.0. The fourth-order valence-electron chi connectivity index (χ4n) is 5.13. The summed E-state index contributed by atoms with van der Waals surface area (Å²) in [6.07, 6.45) is 1.66. The first-order valence-corrected chi connectivity index (χ1v) is 17.2. The molecule has 0 amide bonds. The van der Waals surface area contributed by atoms with Gasteiger partial charge in [0.25, 0.3) is 11.2 Å². The summed E-state index contributed by atoms with van der Waals surface area (Å²) >= 11 is 8.35. The summed E-state index contributed by atoms with van der Waals surface area (Å²) in [5.41, 5.74) is 2.48. The molecule has 0 aliphatic carbocycles. The molecular weight excluding hydrogens is 770 g/mol. The van der Waals surface area contributed by atoms with Gasteiger partial charge >= 0.3 is 5.97 Å². The third-order valence-electron chi connectivity index (χ3n) is 7.23. The first-order chi connectivity index (χ1) is 22.9. The van der Waals surface area contributed by atoms with Crippen LogP contribution in [0.2, 0.25) is 0 Å². The van der Waals surface area contributed by atoms with Crippen LogP contribution >= 0.6 is 43.2 Å². The molecule has 5 rings (SSSR count). The van der Waals surface area contributed by atoms with E-state index in [0.717, 1.165) is 5.56 Å². The van der Waals surface area contributed by atoms with E-state index >= 15 is 0 Å². The molecule has 0 bridgehead atoms. The maximum absolute atomic E-state index is 14.1. The van der Waals surface area contributed by atoms with Crippen molar-refractivity contribution in [2.45, 2.75) is 46.4 Å². The number of non-ortho nitro benzene ring substituents is 1. The predicted octanol–water partition coefficient (Wildman–Crippen LogP) is 6.61. The van der Waals surface area contributed by atoms with Crippen LogP contribution in [0.25, 0.3) is 6.08 Å². The van der Waals surface area contributed by atoms with Crippen LogP contribution in [0.5, 0.6) is 17.2 Å². The highest BCUT2D eigenvalue weighted by molar-refractivity contribution is 9.11. The molecule has 2 heterocycles. The lowest BCUT2D eigenvalue weighted by Crippen LogP contribution is -2.40. The van der Waals surface area contributed by atoms with Crippen molar-refractivity contribution < 1.29 is 28.7 Å². The summed E-state index contributed by atoms with van der Waals surface area (Å²) in [5.74, 6) is 0.974. The highest BCUT2D eigenvalue weighted by Crippen LogP contribution is 2.37. The minimum absolute atomic E-state index is 0.00297. The molecule has 1 atom stereocenters. The van der Waals surface area contributed by atoms with Gasteiger partial charge in [0.05, 0.1) is 55.5 Å². The Balaban J connectivity index is 1.54. The second-order valence-electron chi connectivity index (χ2n) is 10.9. The van der Waals surface area contributed by atoms with E-state index in [9.17, 15) is 19.7 Å². The number of methoxy groups -OCH3 is 1. The zero-order chi connectivity index (χ0) is 34.7. The average molecular weight is 802 g/mol. The molecule has 14 heteroatoms. The number of esters is 1. The van der Waals surface area contributed by atoms with Crippen molar-refractivity contribution in [3.63, 3.8) is 0 Å². The van der Waals surface area contributed by atoms with Gasteiger partial charge in [-0.2, -0.15) is 0 Å². The minimum Gasteiger partial charge on any atom is -0.493 e. The summed E-state index contributed by atoms with van der Waals surface area (Å²) in [5, 5.41) is 11.0. The van der Waals surface area contributed by atoms with Crippen LogP contribution in [-0.4, -0.2) is 35.3 Å². The fourth-order valence-corrected chi connectivity index (χ4v) is 7.63. The number of benzene rings is 3. The van der Waals surface area contributed by atoms with Crippen molar-refractivity contribution >= 4 is 60.9 Å². The number of fused-ring (bicyclic) bond motifs is 1. The zero-order valence-corrected chi connectivity index (χ0v) is 30.6. The smallest absolute Gasteiger partial charge is 0.338 e. The van der Waals surface area contributed by atoms with E-state index < -0.39 is 16.9 Å². The third kappa shape index (κ3) is 7.40. The molecule has 0 radical (unpaired) electrons. The van der Waals surface area contributed by atoms with Crippen LogP contribution in [0.1, 0.15) is 50.4 Å². The summed E-state index contributed by atoms with van der Waals surface area (Å²) in [7, 11) is 1.54. The Morgan fingerprint density at radius 3 is 2.40 bits per heavy atom. The highest BCUT2D eigenvalue weighted by Gasteiger charge is 2.34. The molecule has 48 heavy (non-hydrogen) atoms. The number of allylic oxidation sites excluding steroid dienone is 1. The molecule has 4 aromatic rings. The number of halogens is 2. The van der Waals surface area contributed by atoms with Crippen LogP contribution in [0, 0.1) is 10.1 Å². The van der Waals surface area contributed by atoms with E-state index in [-0.39, 0.29) is 36.1 Å². The number of rotatable bonds is 11. The van der Waals surface area contributed by atoms with Gasteiger partial charge in [-0.1, -0.05) is 17.4 Å². The molecule has 11 nitrogen and oxygen atoms in total. The normalized spacial score (nSPS) is 14.4. The van der Waals surface area contributed by atoms with E-state index in [1.165, 1.54) is 35.1 Å². The number of aromatic nitrogens is 1. The maximum atomic E-state index is 14.1. The van der Waals surface area contributed by atoms with E-state index in [2.05, 4.69) is 36.9 Å². The number of hydrogen-bond acceptors (Lipinski definition) is 10. The van der Waals surface area contributed by atoms with Gasteiger partial charge in [-0.3, -0.25) is 19.5 Å². The third-order valence-corrected chi connectivity index (χ3v) is 9.39. The van der Waals surface area contributed by atoms with Gasteiger partial charge in [-0.15, -0.1) is 0 Å². The average Bonchev–Trinajstić information content (AvgIpc) is 3.33. The molecule has 0 N–H and O–H groups in total. The minimum atomic E-state index is -0.821. The molecular formula is C34H31Br2N3O8S. The van der Waals surface area contributed by atoms with Crippen molar-refractivity contribution in [2.24, 2.45) is 4.99 Å². The molecule has 1 aliphatic rings. The Bertz CT molecular complexity index is 2080. The molecule has 0 spiro atoms. The van der Waals surface area contributed by atoms with Crippen molar-refractivity contribution in [1.82, 2.24) is 4.57 Å². The van der Waals surface area contributed by atoms with Gasteiger partial charge in [0.2, 0.25) is 0 Å². The van der Waals surface area contributed by atoms with Crippen LogP contribution in [0.15, 0.2) is 84.6 Å². The lowest BCUT2D eigenvalue weighted by molar-refractivity contribution is -0.384. The molecule has 250 valence electrons. The number of nitrogens with zero attached hydrogens (tertiary/aromatic N) is 3. The summed E-state index contributed by atoms with van der Waals surface area (Å²) in [6, 6.07) is 14.3. The second-order valence-corrected chi connectivity index (χ2v) is 13.6. The fraction of sp³-hybridized carbons (Fsp3) is 0.265. The monoisotopic (exact) mass is 799 g/mol. The Labute approximate surface area is 296 Å². The van der Waals surface area contributed by atoms with Crippen LogP contribution < -0.4 is 29.1 Å². The van der Waals surface area contributed by atoms with E-state index in [4.69, 9.17) is 18.9 Å². The Morgan fingerprint density at radius 1 is 1.10 bits per heavy atom. The number of hydrogen-bond donors (Lipinski definition) is 0. The van der Waals surface area contributed by atoms with Gasteiger partial charge in [-0.25, -0.2) is 9.79 Å². The van der Waals surface area contributed by atoms with Gasteiger partial charge in [-0.05, 0) is 119 Å². The van der Waals surface area contributed by atoms with Crippen LogP contribution in [0.3, 0.4) is 0 Å². The van der Waals surface area contributed by atoms with Crippen molar-refractivity contribution in [3.05, 3.63) is 121 Å². The Hall–Kier alpha value is -4.27. The van der Waals surface area contributed by atoms with Crippen LogP contribution in [0.4, 0.5) is 5.69 Å². The molecule has 3 aromatic carbocycles. The lowest BCUT2D eigenvalue weighted by Gasteiger charge is -2.25. The molecule has 0 unspecified atom stereocenters. The SMILES string of the molecule is CCOC(=O)C1=C(C)N=c2s/c(=C\c3cc(Br)c(OCc4ccc([N+](=O)[O-])cc4)c(Br)c3)c(=O)n2[C@H]1c1ccc(OC(C)C)c(OC)c1. The quantitative estimate of drug-likeness (QED) is 0.0942. The Morgan fingerprint density at radius 2 is 1.79 bits per heavy atom. The van der Waals surface area contributed by atoms with E-state index in [0.29, 0.717) is 52.4 Å². The molecule has 1 aromatic heterocycles. The summed E-state index contributed by atoms with van der Waals surface area (Å²) in [4.78, 5) is 43.0. The summed E-state index contributed by atoms with van der Waals surface area (Å²) in [6.45, 7) is 7.62. The number of nitro groups is 1. The standard InChI is InChI=1S/C34H31Br2N3O8S/c1-6-45-33(41)29-19(4)37-34-38(30(29)22-9-12-26(47-18(2)3)27(16-22)44-5)32(40)28(48-34)15-21-13-24(35)31(25(36)14-21)46-17-20-7-10-23(11-8-20)39(42)43/h7-16,18,30H,6,17H2,1-5H3/b28-15-/t30-/m0/s1. The molecule has 1 aliphatic heterocycles. The van der Waals surface area contributed by atoms with Crippen molar-refractivity contribution in [3.8, 4) is 17.2 Å². The largest absolute Gasteiger partial charge is 0.493 e.